The van der Waals surface area contributed by atoms with Crippen LogP contribution in [-0.2, 0) is 11.0 Å². The van der Waals surface area contributed by atoms with Gasteiger partial charge >= 0.3 is 0 Å². The van der Waals surface area contributed by atoms with Crippen LogP contribution in [0.15, 0.2) is 18.2 Å². The van der Waals surface area contributed by atoms with Crippen molar-refractivity contribution in [3.8, 4) is 11.5 Å². The molecular formula is C12H17NO4S. The zero-order chi connectivity index (χ0) is 13.9. The van der Waals surface area contributed by atoms with Crippen LogP contribution in [0.2, 0.25) is 0 Å². The molecule has 0 aromatic heterocycles. The number of nitrogens with one attached hydrogen (secondary N) is 1. The molecule has 0 aliphatic carbocycles. The first-order valence-corrected chi connectivity index (χ1v) is 6.50. The predicted molar refractivity (Wildman–Crippen MR) is 70.0 cm³/mol. The number of methoxy groups -OCH3 is 1. The number of carbonyl (C=O) groups excluding carboxylic acids is 1. The zero-order valence-corrected chi connectivity index (χ0v) is 11.6. The minimum Gasteiger partial charge on any atom is -0.507 e. The third-order valence-corrected chi connectivity index (χ3v) is 3.67. The Morgan fingerprint density at radius 3 is 2.44 bits per heavy atom. The van der Waals surface area contributed by atoms with Crippen molar-refractivity contribution in [1.29, 1.82) is 0 Å². The second-order valence-corrected chi connectivity index (χ2v) is 6.66. The van der Waals surface area contributed by atoms with Gasteiger partial charge in [-0.2, -0.15) is 0 Å². The molecule has 0 heterocycles. The van der Waals surface area contributed by atoms with Gasteiger partial charge in [-0.15, -0.1) is 0 Å². The number of hydrogen-bond acceptors (Lipinski definition) is 4. The largest absolute Gasteiger partial charge is 0.507 e. The Morgan fingerprint density at radius 2 is 2.00 bits per heavy atom. The molecule has 18 heavy (non-hydrogen) atoms. The number of hydrogen-bond donors (Lipinski definition) is 2. The van der Waals surface area contributed by atoms with Crippen LogP contribution in [0.1, 0.15) is 31.1 Å². The van der Waals surface area contributed by atoms with Crippen LogP contribution in [0.3, 0.4) is 0 Å². The van der Waals surface area contributed by atoms with Gasteiger partial charge in [0.25, 0.3) is 5.91 Å². The van der Waals surface area contributed by atoms with Crippen molar-refractivity contribution in [2.45, 2.75) is 25.5 Å². The summed E-state index contributed by atoms with van der Waals surface area (Å²) in [5, 5.41) is 9.67. The van der Waals surface area contributed by atoms with Crippen LogP contribution in [-0.4, -0.2) is 27.1 Å². The summed E-state index contributed by atoms with van der Waals surface area (Å²) in [6.45, 7) is 5.24. The lowest BCUT2D eigenvalue weighted by Crippen LogP contribution is -2.37. The van der Waals surface area contributed by atoms with E-state index in [1.165, 1.54) is 19.2 Å². The van der Waals surface area contributed by atoms with E-state index in [4.69, 9.17) is 4.74 Å². The van der Waals surface area contributed by atoms with Gasteiger partial charge in [0.15, 0.2) is 0 Å². The van der Waals surface area contributed by atoms with E-state index in [2.05, 4.69) is 4.72 Å². The molecule has 0 saturated heterocycles. The van der Waals surface area contributed by atoms with Gasteiger partial charge in [0.05, 0.1) is 17.4 Å². The predicted octanol–water partition coefficient (Wildman–Crippen LogP) is 1.59. The van der Waals surface area contributed by atoms with Gasteiger partial charge in [-0.05, 0) is 32.9 Å². The van der Waals surface area contributed by atoms with E-state index in [9.17, 15) is 14.1 Å². The Labute approximate surface area is 109 Å². The minimum atomic E-state index is -1.53. The average Bonchev–Trinajstić information content (AvgIpc) is 2.27. The highest BCUT2D eigenvalue weighted by Gasteiger charge is 2.23. The molecule has 6 heteroatoms. The number of phenols is 1. The summed E-state index contributed by atoms with van der Waals surface area (Å²) in [5.41, 5.74) is 0.0633. The van der Waals surface area contributed by atoms with Crippen molar-refractivity contribution in [1.82, 2.24) is 4.72 Å². The Bertz CT molecular complexity index is 479. The van der Waals surface area contributed by atoms with E-state index >= 15 is 0 Å². The van der Waals surface area contributed by atoms with Gasteiger partial charge < -0.3 is 9.84 Å². The van der Waals surface area contributed by atoms with Crippen molar-refractivity contribution in [2.24, 2.45) is 0 Å². The Hall–Kier alpha value is -1.56. The first kappa shape index (κ1) is 14.5. The summed E-state index contributed by atoms with van der Waals surface area (Å²) < 4.78 is 18.5. The molecule has 0 bridgehead atoms. The molecule has 100 valence electrons. The average molecular weight is 271 g/mol. The third kappa shape index (κ3) is 3.46. The number of rotatable bonds is 3. The molecule has 2 N–H and O–H groups in total. The van der Waals surface area contributed by atoms with E-state index in [0.29, 0.717) is 5.75 Å². The van der Waals surface area contributed by atoms with Crippen LogP contribution in [0.5, 0.6) is 11.5 Å². The smallest absolute Gasteiger partial charge is 0.266 e. The van der Waals surface area contributed by atoms with Gasteiger partial charge in [0.1, 0.15) is 22.5 Å². The maximum atomic E-state index is 11.8. The van der Waals surface area contributed by atoms with Crippen molar-refractivity contribution in [3.63, 3.8) is 0 Å². The summed E-state index contributed by atoms with van der Waals surface area (Å²) in [6.07, 6.45) is 0. The standard InChI is InChI=1S/C12H17NO4S/c1-12(2,3)18(16)13-11(15)9-6-5-8(17-4)7-10(9)14/h5-7,14H,1-4H3,(H,13,15)/t18-/m1/s1. The highest BCUT2D eigenvalue weighted by atomic mass is 32.2. The normalized spacial score (nSPS) is 12.9. The van der Waals surface area contributed by atoms with Gasteiger partial charge in [-0.25, -0.2) is 4.21 Å². The SMILES string of the molecule is COc1ccc(C(=O)N[S@](=O)C(C)(C)C)c(O)c1. The van der Waals surface area contributed by atoms with Crippen LogP contribution in [0.4, 0.5) is 0 Å². The number of carbonyl (C=O) groups is 1. The molecule has 5 nitrogen and oxygen atoms in total. The van der Waals surface area contributed by atoms with Gasteiger partial charge in [0.2, 0.25) is 0 Å². The molecule has 1 amide bonds. The van der Waals surface area contributed by atoms with Crippen molar-refractivity contribution in [3.05, 3.63) is 23.8 Å². The highest BCUT2D eigenvalue weighted by Crippen LogP contribution is 2.23. The van der Waals surface area contributed by atoms with Crippen molar-refractivity contribution < 1.29 is 18.8 Å². The summed E-state index contributed by atoms with van der Waals surface area (Å²) >= 11 is 0. The lowest BCUT2D eigenvalue weighted by Gasteiger charge is -2.18. The molecule has 0 radical (unpaired) electrons. The molecule has 0 aliphatic rings. The summed E-state index contributed by atoms with van der Waals surface area (Å²) in [6, 6.07) is 4.30. The lowest BCUT2D eigenvalue weighted by molar-refractivity contribution is 0.0979. The van der Waals surface area contributed by atoms with E-state index in [1.54, 1.807) is 26.8 Å². The first-order valence-electron chi connectivity index (χ1n) is 5.35. The summed E-state index contributed by atoms with van der Waals surface area (Å²) in [5.74, 6) is -0.345. The molecule has 1 aromatic rings. The van der Waals surface area contributed by atoms with Crippen molar-refractivity contribution in [2.75, 3.05) is 7.11 Å². The number of aromatic hydroxyl groups is 1. The third-order valence-electron chi connectivity index (χ3n) is 2.19. The van der Waals surface area contributed by atoms with Crippen LogP contribution >= 0.6 is 0 Å². The first-order chi connectivity index (χ1) is 8.25. The summed E-state index contributed by atoms with van der Waals surface area (Å²) in [4.78, 5) is 11.8. The topological polar surface area (TPSA) is 75.6 Å². The Balaban J connectivity index is 2.89. The van der Waals surface area contributed by atoms with E-state index in [1.807, 2.05) is 0 Å². The van der Waals surface area contributed by atoms with E-state index < -0.39 is 21.6 Å². The Kier molecular flexibility index (Phi) is 4.34. The number of phenolic OH excluding ortho intramolecular Hbond substituents is 1. The van der Waals surface area contributed by atoms with Gasteiger partial charge in [0, 0.05) is 6.07 Å². The molecule has 1 atom stereocenters. The van der Waals surface area contributed by atoms with E-state index in [0.717, 1.165) is 0 Å². The van der Waals surface area contributed by atoms with Crippen LogP contribution < -0.4 is 9.46 Å². The molecule has 0 spiro atoms. The number of benzene rings is 1. The quantitative estimate of drug-likeness (QED) is 0.875. The fraction of sp³-hybridized carbons (Fsp3) is 0.417. The monoisotopic (exact) mass is 271 g/mol. The number of ether oxygens (including phenoxy) is 1. The van der Waals surface area contributed by atoms with Gasteiger partial charge in [-0.3, -0.25) is 9.52 Å². The van der Waals surface area contributed by atoms with Crippen molar-refractivity contribution >= 4 is 16.9 Å². The molecule has 0 saturated carbocycles. The molecule has 1 rings (SSSR count). The molecule has 0 fully saturated rings. The molecular weight excluding hydrogens is 254 g/mol. The van der Waals surface area contributed by atoms with Crippen LogP contribution in [0.25, 0.3) is 0 Å². The Morgan fingerprint density at radius 1 is 1.39 bits per heavy atom. The maximum absolute atomic E-state index is 11.8. The maximum Gasteiger partial charge on any atom is 0.266 e. The molecule has 0 aliphatic heterocycles. The van der Waals surface area contributed by atoms with Crippen LogP contribution in [0, 0.1) is 0 Å². The summed E-state index contributed by atoms with van der Waals surface area (Å²) in [7, 11) is -0.0637. The second-order valence-electron chi connectivity index (χ2n) is 4.70. The fourth-order valence-electron chi connectivity index (χ4n) is 1.12. The number of amides is 1. The fourth-order valence-corrected chi connectivity index (χ4v) is 1.71. The highest BCUT2D eigenvalue weighted by molar-refractivity contribution is 7.85. The molecule has 0 unspecified atom stereocenters. The van der Waals surface area contributed by atoms with E-state index in [-0.39, 0.29) is 11.3 Å². The minimum absolute atomic E-state index is 0.0633. The van der Waals surface area contributed by atoms with Gasteiger partial charge in [-0.1, -0.05) is 0 Å². The second kappa shape index (κ2) is 5.39. The zero-order valence-electron chi connectivity index (χ0n) is 10.8. The molecule has 1 aromatic carbocycles. The lowest BCUT2D eigenvalue weighted by atomic mass is 10.2.